The summed E-state index contributed by atoms with van der Waals surface area (Å²) in [6, 6.07) is 5.68. The first-order valence-corrected chi connectivity index (χ1v) is 6.82. The number of aliphatic imine (C=N–C) groups is 1. The third-order valence-corrected chi connectivity index (χ3v) is 2.61. The molecule has 0 saturated heterocycles. The first kappa shape index (κ1) is 16.2. The van der Waals surface area contributed by atoms with Gasteiger partial charge in [0.05, 0.1) is 19.3 Å². The second kappa shape index (κ2) is 10.0. The highest BCUT2D eigenvalue weighted by Crippen LogP contribution is 2.05. The number of guanidine groups is 1. The first-order chi connectivity index (χ1) is 9.80. The summed E-state index contributed by atoms with van der Waals surface area (Å²) in [5.41, 5.74) is 0.904. The highest BCUT2D eigenvalue weighted by molar-refractivity contribution is 5.79. The van der Waals surface area contributed by atoms with Crippen LogP contribution in [0.4, 0.5) is 0 Å². The molecule has 0 bridgehead atoms. The van der Waals surface area contributed by atoms with Crippen LogP contribution in [0.3, 0.4) is 0 Å². The number of rotatable bonds is 8. The minimum absolute atomic E-state index is 0.600. The Balaban J connectivity index is 2.30. The number of pyridine rings is 1. The predicted octanol–water partition coefficient (Wildman–Crippen LogP) is 1.18. The molecular formula is C14H24N4O2. The molecule has 0 aliphatic heterocycles. The molecular weight excluding hydrogens is 256 g/mol. The molecule has 1 aromatic rings. The molecule has 6 nitrogen and oxygen atoms in total. The van der Waals surface area contributed by atoms with Crippen molar-refractivity contribution in [1.82, 2.24) is 15.6 Å². The van der Waals surface area contributed by atoms with Crippen molar-refractivity contribution in [2.24, 2.45) is 4.99 Å². The molecule has 2 N–H and O–H groups in total. The molecule has 1 rings (SSSR count). The summed E-state index contributed by atoms with van der Waals surface area (Å²) in [6.45, 7) is 4.94. The standard InChI is InChI=1S/C14H24N4O2/c1-4-20-10-6-9-16-14(15-2)17-11-12-7-5-8-13(18-12)19-3/h5,7-8H,4,6,9-11H2,1-3H3,(H2,15,16,17). The van der Waals surface area contributed by atoms with Crippen LogP contribution in [-0.2, 0) is 11.3 Å². The van der Waals surface area contributed by atoms with E-state index >= 15 is 0 Å². The topological polar surface area (TPSA) is 67.8 Å². The van der Waals surface area contributed by atoms with Gasteiger partial charge in [-0.1, -0.05) is 6.07 Å². The minimum atomic E-state index is 0.600. The summed E-state index contributed by atoms with van der Waals surface area (Å²) in [7, 11) is 3.36. The summed E-state index contributed by atoms with van der Waals surface area (Å²) < 4.78 is 10.4. The third kappa shape index (κ3) is 6.38. The Labute approximate surface area is 120 Å². The molecule has 0 aliphatic rings. The number of aromatic nitrogens is 1. The number of methoxy groups -OCH3 is 1. The maximum atomic E-state index is 5.28. The molecule has 0 saturated carbocycles. The van der Waals surface area contributed by atoms with Gasteiger partial charge in [0.15, 0.2) is 5.96 Å². The Kier molecular flexibility index (Phi) is 8.14. The van der Waals surface area contributed by atoms with Gasteiger partial charge in [0, 0.05) is 32.9 Å². The van der Waals surface area contributed by atoms with E-state index in [0.29, 0.717) is 12.4 Å². The van der Waals surface area contributed by atoms with Gasteiger partial charge in [-0.3, -0.25) is 4.99 Å². The highest BCUT2D eigenvalue weighted by atomic mass is 16.5. The van der Waals surface area contributed by atoms with Gasteiger partial charge in [-0.15, -0.1) is 0 Å². The summed E-state index contributed by atoms with van der Waals surface area (Å²) in [6.07, 6.45) is 0.950. The van der Waals surface area contributed by atoms with E-state index in [1.54, 1.807) is 14.2 Å². The highest BCUT2D eigenvalue weighted by Gasteiger charge is 2.00. The predicted molar refractivity (Wildman–Crippen MR) is 80.1 cm³/mol. The molecule has 0 aliphatic carbocycles. The lowest BCUT2D eigenvalue weighted by Gasteiger charge is -2.11. The zero-order valence-electron chi connectivity index (χ0n) is 12.5. The van der Waals surface area contributed by atoms with Crippen molar-refractivity contribution in [3.05, 3.63) is 23.9 Å². The Bertz CT molecular complexity index is 410. The van der Waals surface area contributed by atoms with Crippen molar-refractivity contribution < 1.29 is 9.47 Å². The fourth-order valence-corrected chi connectivity index (χ4v) is 1.59. The maximum absolute atomic E-state index is 5.28. The number of nitrogens with one attached hydrogen (secondary N) is 2. The van der Waals surface area contributed by atoms with Gasteiger partial charge >= 0.3 is 0 Å². The third-order valence-electron chi connectivity index (χ3n) is 2.61. The lowest BCUT2D eigenvalue weighted by atomic mass is 10.3. The van der Waals surface area contributed by atoms with Crippen molar-refractivity contribution in [1.29, 1.82) is 0 Å². The Hall–Kier alpha value is -1.82. The van der Waals surface area contributed by atoms with Crippen molar-refractivity contribution >= 4 is 5.96 Å². The summed E-state index contributed by atoms with van der Waals surface area (Å²) >= 11 is 0. The maximum Gasteiger partial charge on any atom is 0.213 e. The molecule has 0 amide bonds. The van der Waals surface area contributed by atoms with E-state index in [9.17, 15) is 0 Å². The first-order valence-electron chi connectivity index (χ1n) is 6.82. The van der Waals surface area contributed by atoms with Crippen LogP contribution < -0.4 is 15.4 Å². The van der Waals surface area contributed by atoms with Gasteiger partial charge in [0.2, 0.25) is 5.88 Å². The van der Waals surface area contributed by atoms with Crippen LogP contribution in [0, 0.1) is 0 Å². The Morgan fingerprint density at radius 1 is 1.35 bits per heavy atom. The zero-order valence-corrected chi connectivity index (χ0v) is 12.5. The number of hydrogen-bond acceptors (Lipinski definition) is 4. The van der Waals surface area contributed by atoms with Crippen LogP contribution in [0.2, 0.25) is 0 Å². The van der Waals surface area contributed by atoms with Crippen LogP contribution in [-0.4, -0.2) is 44.9 Å². The van der Waals surface area contributed by atoms with Crippen LogP contribution in [0.15, 0.2) is 23.2 Å². The largest absolute Gasteiger partial charge is 0.481 e. The number of ether oxygens (including phenoxy) is 2. The SMILES string of the molecule is CCOCCCNC(=NC)NCc1cccc(OC)n1. The monoisotopic (exact) mass is 280 g/mol. The van der Waals surface area contributed by atoms with Gasteiger partial charge in [-0.05, 0) is 19.4 Å². The van der Waals surface area contributed by atoms with E-state index in [-0.39, 0.29) is 0 Å². The molecule has 6 heteroatoms. The van der Waals surface area contributed by atoms with E-state index in [1.165, 1.54) is 0 Å². The summed E-state index contributed by atoms with van der Waals surface area (Å²) in [4.78, 5) is 8.49. The van der Waals surface area contributed by atoms with Gasteiger partial charge in [0.25, 0.3) is 0 Å². The van der Waals surface area contributed by atoms with Crippen molar-refractivity contribution in [3.8, 4) is 5.88 Å². The molecule has 0 fully saturated rings. The molecule has 0 atom stereocenters. The summed E-state index contributed by atoms with van der Waals surface area (Å²) in [5.74, 6) is 1.37. The fourth-order valence-electron chi connectivity index (χ4n) is 1.59. The van der Waals surface area contributed by atoms with Gasteiger partial charge in [-0.25, -0.2) is 4.98 Å². The average molecular weight is 280 g/mol. The van der Waals surface area contributed by atoms with E-state index in [1.807, 2.05) is 25.1 Å². The fraction of sp³-hybridized carbons (Fsp3) is 0.571. The van der Waals surface area contributed by atoms with Gasteiger partial charge in [0.1, 0.15) is 0 Å². The minimum Gasteiger partial charge on any atom is -0.481 e. The second-order valence-corrected chi connectivity index (χ2v) is 4.07. The van der Waals surface area contributed by atoms with Crippen molar-refractivity contribution in [3.63, 3.8) is 0 Å². The smallest absolute Gasteiger partial charge is 0.213 e. The lowest BCUT2D eigenvalue weighted by molar-refractivity contribution is 0.145. The van der Waals surface area contributed by atoms with Crippen LogP contribution >= 0.6 is 0 Å². The quantitative estimate of drug-likeness (QED) is 0.425. The van der Waals surface area contributed by atoms with Gasteiger partial charge < -0.3 is 20.1 Å². The number of hydrogen-bond donors (Lipinski definition) is 2. The Morgan fingerprint density at radius 2 is 2.20 bits per heavy atom. The van der Waals surface area contributed by atoms with E-state index in [0.717, 1.165) is 37.8 Å². The Morgan fingerprint density at radius 3 is 2.90 bits per heavy atom. The molecule has 0 unspecified atom stereocenters. The molecule has 0 spiro atoms. The molecule has 20 heavy (non-hydrogen) atoms. The molecule has 112 valence electrons. The molecule has 1 aromatic heterocycles. The van der Waals surface area contributed by atoms with Crippen LogP contribution in [0.25, 0.3) is 0 Å². The molecule has 0 radical (unpaired) electrons. The van der Waals surface area contributed by atoms with Crippen molar-refractivity contribution in [2.45, 2.75) is 19.9 Å². The van der Waals surface area contributed by atoms with E-state index in [2.05, 4.69) is 20.6 Å². The average Bonchev–Trinajstić information content (AvgIpc) is 2.50. The van der Waals surface area contributed by atoms with Crippen LogP contribution in [0.1, 0.15) is 19.0 Å². The van der Waals surface area contributed by atoms with E-state index < -0.39 is 0 Å². The van der Waals surface area contributed by atoms with Gasteiger partial charge in [-0.2, -0.15) is 0 Å². The lowest BCUT2D eigenvalue weighted by Crippen LogP contribution is -2.37. The number of nitrogens with zero attached hydrogens (tertiary/aromatic N) is 2. The van der Waals surface area contributed by atoms with Crippen LogP contribution in [0.5, 0.6) is 5.88 Å². The second-order valence-electron chi connectivity index (χ2n) is 4.07. The molecule has 1 heterocycles. The van der Waals surface area contributed by atoms with Crippen molar-refractivity contribution in [2.75, 3.05) is 33.9 Å². The molecule has 0 aromatic carbocycles. The van der Waals surface area contributed by atoms with E-state index in [4.69, 9.17) is 9.47 Å². The summed E-state index contributed by atoms with van der Waals surface area (Å²) in [5, 5.41) is 6.43. The normalized spacial score (nSPS) is 11.2. The zero-order chi connectivity index (χ0) is 14.6.